The molecule has 2 aromatic rings. The summed E-state index contributed by atoms with van der Waals surface area (Å²) < 4.78 is 1.68. The van der Waals surface area contributed by atoms with Gasteiger partial charge in [0, 0.05) is 18.0 Å². The van der Waals surface area contributed by atoms with Gasteiger partial charge in [0.05, 0.1) is 0 Å². The first-order chi connectivity index (χ1) is 9.15. The van der Waals surface area contributed by atoms with Crippen LogP contribution in [0.3, 0.4) is 0 Å². The topological polar surface area (TPSA) is 59.8 Å². The average Bonchev–Trinajstić information content (AvgIpc) is 3.09. The van der Waals surface area contributed by atoms with Crippen molar-refractivity contribution in [3.05, 3.63) is 41.2 Å². The maximum absolute atomic E-state index is 12.1. The number of nitrogens with zero attached hydrogens (tertiary/aromatic N) is 3. The summed E-state index contributed by atoms with van der Waals surface area (Å²) in [6, 6.07) is 7.67. The van der Waals surface area contributed by atoms with Gasteiger partial charge >= 0.3 is 0 Å². The van der Waals surface area contributed by atoms with Crippen LogP contribution in [0.4, 0.5) is 5.95 Å². The Hall–Kier alpha value is -1.88. The fourth-order valence-corrected chi connectivity index (χ4v) is 2.39. The van der Waals surface area contributed by atoms with E-state index in [0.29, 0.717) is 11.0 Å². The molecule has 1 aliphatic rings. The Labute approximate surface area is 115 Å². The van der Waals surface area contributed by atoms with Crippen LogP contribution in [0, 0.1) is 5.92 Å². The number of carbonyl (C=O) groups excluding carboxylic acids is 1. The molecular weight excluding hydrogens is 264 g/mol. The van der Waals surface area contributed by atoms with Crippen molar-refractivity contribution in [1.29, 1.82) is 0 Å². The van der Waals surface area contributed by atoms with E-state index in [0.717, 1.165) is 12.0 Å². The minimum Gasteiger partial charge on any atom is -0.303 e. The molecule has 1 aliphatic carbocycles. The second-order valence-electron chi connectivity index (χ2n) is 4.76. The first-order valence-electron chi connectivity index (χ1n) is 6.05. The van der Waals surface area contributed by atoms with Gasteiger partial charge in [-0.15, -0.1) is 10.2 Å². The summed E-state index contributed by atoms with van der Waals surface area (Å²) in [5, 5.41) is 11.1. The molecule has 1 aromatic heterocycles. The van der Waals surface area contributed by atoms with Gasteiger partial charge in [0.1, 0.15) is 6.33 Å². The number of anilines is 1. The highest BCUT2D eigenvalue weighted by Crippen LogP contribution is 2.48. The van der Waals surface area contributed by atoms with Crippen LogP contribution in [-0.4, -0.2) is 20.7 Å². The second-order valence-corrected chi connectivity index (χ2v) is 5.19. The van der Waals surface area contributed by atoms with E-state index in [9.17, 15) is 4.79 Å². The molecule has 2 unspecified atom stereocenters. The minimum atomic E-state index is -0.0129. The third-order valence-corrected chi connectivity index (χ3v) is 3.59. The standard InChI is InChI=1S/C13H13ClN4O/c1-18-7-15-17-13(18)16-12(19)11-6-10(11)8-3-2-4-9(14)5-8/h2-5,7,10-11H,6H2,1H3,(H,16,17,19). The Morgan fingerprint density at radius 2 is 2.37 bits per heavy atom. The van der Waals surface area contributed by atoms with Gasteiger partial charge in [-0.3, -0.25) is 10.1 Å². The summed E-state index contributed by atoms with van der Waals surface area (Å²) in [5.41, 5.74) is 1.12. The molecule has 1 saturated carbocycles. The predicted molar refractivity (Wildman–Crippen MR) is 71.9 cm³/mol. The number of halogens is 1. The summed E-state index contributed by atoms with van der Waals surface area (Å²) in [6.07, 6.45) is 2.40. The molecule has 6 heteroatoms. The largest absolute Gasteiger partial charge is 0.303 e. The Balaban J connectivity index is 1.66. The van der Waals surface area contributed by atoms with Gasteiger partial charge in [-0.2, -0.15) is 0 Å². The van der Waals surface area contributed by atoms with Crippen molar-refractivity contribution in [1.82, 2.24) is 14.8 Å². The van der Waals surface area contributed by atoms with Crippen LogP contribution in [0.25, 0.3) is 0 Å². The molecule has 1 heterocycles. The highest BCUT2D eigenvalue weighted by atomic mass is 35.5. The van der Waals surface area contributed by atoms with E-state index in [4.69, 9.17) is 11.6 Å². The minimum absolute atomic E-state index is 0.00448. The second kappa shape index (κ2) is 4.66. The highest BCUT2D eigenvalue weighted by molar-refractivity contribution is 6.30. The Bertz CT molecular complexity index is 625. The molecule has 2 atom stereocenters. The van der Waals surface area contributed by atoms with Crippen LogP contribution in [0.5, 0.6) is 0 Å². The van der Waals surface area contributed by atoms with Gasteiger partial charge in [0.2, 0.25) is 11.9 Å². The number of aromatic nitrogens is 3. The molecule has 0 radical (unpaired) electrons. The van der Waals surface area contributed by atoms with Crippen LogP contribution >= 0.6 is 11.6 Å². The maximum Gasteiger partial charge on any atom is 0.230 e. The van der Waals surface area contributed by atoms with Crippen LogP contribution in [0.2, 0.25) is 5.02 Å². The summed E-state index contributed by atoms with van der Waals surface area (Å²) in [6.45, 7) is 0. The van der Waals surface area contributed by atoms with Crippen molar-refractivity contribution in [2.75, 3.05) is 5.32 Å². The zero-order chi connectivity index (χ0) is 13.4. The summed E-state index contributed by atoms with van der Waals surface area (Å²) in [5.74, 6) is 0.713. The number of carbonyl (C=O) groups is 1. The number of benzene rings is 1. The quantitative estimate of drug-likeness (QED) is 0.935. The van der Waals surface area contributed by atoms with Crippen molar-refractivity contribution < 1.29 is 4.79 Å². The van der Waals surface area contributed by atoms with Gasteiger partial charge in [-0.1, -0.05) is 23.7 Å². The lowest BCUT2D eigenvalue weighted by Gasteiger charge is -2.04. The Kier molecular flexibility index (Phi) is 2.98. The lowest BCUT2D eigenvalue weighted by atomic mass is 10.1. The zero-order valence-electron chi connectivity index (χ0n) is 10.4. The maximum atomic E-state index is 12.1. The van der Waals surface area contributed by atoms with E-state index < -0.39 is 0 Å². The summed E-state index contributed by atoms with van der Waals surface area (Å²) >= 11 is 5.96. The van der Waals surface area contributed by atoms with Crippen molar-refractivity contribution in [3.8, 4) is 0 Å². The van der Waals surface area contributed by atoms with Crippen LogP contribution in [0.1, 0.15) is 17.9 Å². The monoisotopic (exact) mass is 276 g/mol. The van der Waals surface area contributed by atoms with Crippen LogP contribution in [-0.2, 0) is 11.8 Å². The number of amides is 1. The molecule has 1 amide bonds. The van der Waals surface area contributed by atoms with Gasteiger partial charge in [-0.05, 0) is 30.0 Å². The molecule has 0 bridgehead atoms. The van der Waals surface area contributed by atoms with Crippen LogP contribution in [0.15, 0.2) is 30.6 Å². The SMILES string of the molecule is Cn1cnnc1NC(=O)C1CC1c1cccc(Cl)c1. The van der Waals surface area contributed by atoms with E-state index in [1.165, 1.54) is 0 Å². The molecule has 1 N–H and O–H groups in total. The fraction of sp³-hybridized carbons (Fsp3) is 0.308. The smallest absolute Gasteiger partial charge is 0.230 e. The van der Waals surface area contributed by atoms with Gasteiger partial charge in [-0.25, -0.2) is 0 Å². The lowest BCUT2D eigenvalue weighted by molar-refractivity contribution is -0.117. The van der Waals surface area contributed by atoms with E-state index in [-0.39, 0.29) is 17.7 Å². The molecule has 0 aliphatic heterocycles. The molecule has 1 fully saturated rings. The molecule has 1 aromatic carbocycles. The third kappa shape index (κ3) is 2.46. The highest BCUT2D eigenvalue weighted by Gasteiger charge is 2.44. The van der Waals surface area contributed by atoms with Gasteiger partial charge < -0.3 is 4.57 Å². The summed E-state index contributed by atoms with van der Waals surface area (Å²) in [4.78, 5) is 12.1. The van der Waals surface area contributed by atoms with Crippen molar-refractivity contribution >= 4 is 23.5 Å². The average molecular weight is 277 g/mol. The van der Waals surface area contributed by atoms with E-state index in [1.54, 1.807) is 17.9 Å². The molecule has 5 nitrogen and oxygen atoms in total. The number of nitrogens with one attached hydrogen (secondary N) is 1. The van der Waals surface area contributed by atoms with Gasteiger partial charge in [0.15, 0.2) is 0 Å². The Morgan fingerprint density at radius 3 is 3.05 bits per heavy atom. The predicted octanol–water partition coefficient (Wildman–Crippen LogP) is 2.21. The first-order valence-corrected chi connectivity index (χ1v) is 6.43. The number of rotatable bonds is 3. The fourth-order valence-electron chi connectivity index (χ4n) is 2.19. The molecule has 19 heavy (non-hydrogen) atoms. The molecule has 3 rings (SSSR count). The third-order valence-electron chi connectivity index (χ3n) is 3.35. The lowest BCUT2D eigenvalue weighted by Crippen LogP contribution is -2.17. The number of hydrogen-bond donors (Lipinski definition) is 1. The Morgan fingerprint density at radius 1 is 1.53 bits per heavy atom. The zero-order valence-corrected chi connectivity index (χ0v) is 11.1. The van der Waals surface area contributed by atoms with E-state index >= 15 is 0 Å². The van der Waals surface area contributed by atoms with Crippen molar-refractivity contribution in [2.24, 2.45) is 13.0 Å². The first kappa shape index (κ1) is 12.2. The van der Waals surface area contributed by atoms with Gasteiger partial charge in [0.25, 0.3) is 0 Å². The normalized spacial score (nSPS) is 21.2. The number of aryl methyl sites for hydroxylation is 1. The van der Waals surface area contributed by atoms with E-state index in [1.807, 2.05) is 24.3 Å². The molecule has 98 valence electrons. The molecule has 0 spiro atoms. The molecular formula is C13H13ClN4O. The van der Waals surface area contributed by atoms with E-state index in [2.05, 4.69) is 15.5 Å². The van der Waals surface area contributed by atoms with Crippen LogP contribution < -0.4 is 5.32 Å². The molecule has 0 saturated heterocycles. The summed E-state index contributed by atoms with van der Waals surface area (Å²) in [7, 11) is 1.79. The number of hydrogen-bond acceptors (Lipinski definition) is 3. The van der Waals surface area contributed by atoms with Crippen molar-refractivity contribution in [3.63, 3.8) is 0 Å². The van der Waals surface area contributed by atoms with Crippen molar-refractivity contribution in [2.45, 2.75) is 12.3 Å².